The van der Waals surface area contributed by atoms with Gasteiger partial charge in [0, 0.05) is 6.04 Å². The molecule has 0 aromatic rings. The summed E-state index contributed by atoms with van der Waals surface area (Å²) in [5, 5.41) is 0. The molecule has 4 heteroatoms. The van der Waals surface area contributed by atoms with Gasteiger partial charge in [-0.1, -0.05) is 0 Å². The maximum Gasteiger partial charge on any atom is 0.307 e. The highest BCUT2D eigenvalue weighted by Gasteiger charge is 2.18. The molecule has 0 amide bonds. The van der Waals surface area contributed by atoms with Crippen LogP contribution >= 0.6 is 17.0 Å². The van der Waals surface area contributed by atoms with Gasteiger partial charge in [-0.05, 0) is 0 Å². The van der Waals surface area contributed by atoms with E-state index in [-0.39, 0.29) is 29.0 Å². The van der Waals surface area contributed by atoms with Gasteiger partial charge in [-0.25, -0.2) is 0 Å². The molecule has 0 radical (unpaired) electrons. The average Bonchev–Trinajstić information content (AvgIpc) is 1.87. The summed E-state index contributed by atoms with van der Waals surface area (Å²) in [6.45, 7) is 0.402. The number of carbonyl (C=O) groups excluding carboxylic acids is 1. The maximum atomic E-state index is 10.2. The van der Waals surface area contributed by atoms with Gasteiger partial charge in [-0.15, -0.1) is 17.0 Å². The summed E-state index contributed by atoms with van der Waals surface area (Å²) in [5.41, 5.74) is 5.28. The van der Waals surface area contributed by atoms with Gasteiger partial charge in [-0.2, -0.15) is 0 Å². The van der Waals surface area contributed by atoms with Crippen LogP contribution < -0.4 is 5.73 Å². The fourth-order valence-corrected chi connectivity index (χ4v) is 0.532. The summed E-state index contributed by atoms with van der Waals surface area (Å²) in [4.78, 5) is 10.2. The van der Waals surface area contributed by atoms with Gasteiger partial charge in [0.25, 0.3) is 0 Å². The SMILES string of the molecule is Br.NC1COC(=O)C1. The van der Waals surface area contributed by atoms with E-state index in [9.17, 15) is 4.79 Å². The molecule has 48 valence electrons. The first-order valence-electron chi connectivity index (χ1n) is 2.20. The van der Waals surface area contributed by atoms with Gasteiger partial charge >= 0.3 is 5.97 Å². The number of halogens is 1. The molecule has 1 saturated heterocycles. The molecule has 1 aliphatic heterocycles. The van der Waals surface area contributed by atoms with Crippen molar-refractivity contribution in [2.24, 2.45) is 5.73 Å². The lowest BCUT2D eigenvalue weighted by atomic mass is 10.3. The van der Waals surface area contributed by atoms with E-state index in [1.54, 1.807) is 0 Å². The molecule has 0 spiro atoms. The van der Waals surface area contributed by atoms with Crippen LogP contribution in [0, 0.1) is 0 Å². The second kappa shape index (κ2) is 3.04. The zero-order valence-corrected chi connectivity index (χ0v) is 6.01. The van der Waals surface area contributed by atoms with Crippen molar-refractivity contribution in [2.45, 2.75) is 12.5 Å². The predicted octanol–water partition coefficient (Wildman–Crippen LogP) is -0.161. The molecule has 1 unspecified atom stereocenters. The predicted molar refractivity (Wildman–Crippen MR) is 33.9 cm³/mol. The fourth-order valence-electron chi connectivity index (χ4n) is 0.532. The Morgan fingerprint density at radius 3 is 2.50 bits per heavy atom. The van der Waals surface area contributed by atoms with Gasteiger partial charge in [0.15, 0.2) is 0 Å². The summed E-state index contributed by atoms with van der Waals surface area (Å²) in [5.74, 6) is -0.174. The highest BCUT2D eigenvalue weighted by Crippen LogP contribution is 2.00. The van der Waals surface area contributed by atoms with Gasteiger partial charge < -0.3 is 10.5 Å². The molecular formula is C4H8BrNO2. The first kappa shape index (κ1) is 7.91. The first-order valence-corrected chi connectivity index (χ1v) is 2.20. The lowest BCUT2D eigenvalue weighted by molar-refractivity contribution is -0.137. The summed E-state index contributed by atoms with van der Waals surface area (Å²) in [6, 6.07) is -0.0486. The van der Waals surface area contributed by atoms with Gasteiger partial charge in [0.1, 0.15) is 6.61 Å². The number of esters is 1. The Kier molecular flexibility index (Phi) is 3.01. The highest BCUT2D eigenvalue weighted by molar-refractivity contribution is 8.93. The van der Waals surface area contributed by atoms with Crippen LogP contribution in [0.2, 0.25) is 0 Å². The highest BCUT2D eigenvalue weighted by atomic mass is 79.9. The number of hydrogen-bond donors (Lipinski definition) is 1. The minimum Gasteiger partial charge on any atom is -0.464 e. The number of carbonyl (C=O) groups is 1. The Morgan fingerprint density at radius 2 is 2.38 bits per heavy atom. The van der Waals surface area contributed by atoms with Crippen LogP contribution in [-0.4, -0.2) is 18.6 Å². The van der Waals surface area contributed by atoms with E-state index in [0.29, 0.717) is 13.0 Å². The Bertz CT molecular complexity index is 96.0. The van der Waals surface area contributed by atoms with Crippen molar-refractivity contribution < 1.29 is 9.53 Å². The normalized spacial score (nSPS) is 26.6. The molecule has 1 aliphatic rings. The van der Waals surface area contributed by atoms with Crippen molar-refractivity contribution >= 4 is 23.0 Å². The Labute approximate surface area is 58.0 Å². The van der Waals surface area contributed by atoms with Crippen LogP contribution in [-0.2, 0) is 9.53 Å². The van der Waals surface area contributed by atoms with Crippen molar-refractivity contribution in [1.29, 1.82) is 0 Å². The van der Waals surface area contributed by atoms with E-state index >= 15 is 0 Å². The molecule has 1 atom stereocenters. The Hall–Kier alpha value is -0.0900. The standard InChI is InChI=1S/C4H7NO2.BrH/c5-3-1-4(6)7-2-3;/h3H,1-2,5H2;1H. The van der Waals surface area contributed by atoms with E-state index in [4.69, 9.17) is 5.73 Å². The van der Waals surface area contributed by atoms with Crippen molar-refractivity contribution in [3.8, 4) is 0 Å². The van der Waals surface area contributed by atoms with Crippen LogP contribution in [0.4, 0.5) is 0 Å². The third-order valence-corrected chi connectivity index (χ3v) is 0.887. The lowest BCUT2D eigenvalue weighted by Gasteiger charge is -1.88. The van der Waals surface area contributed by atoms with E-state index in [2.05, 4.69) is 4.74 Å². The Balaban J connectivity index is 0.000000490. The smallest absolute Gasteiger partial charge is 0.307 e. The molecule has 2 N–H and O–H groups in total. The third kappa shape index (κ3) is 1.79. The number of nitrogens with two attached hydrogens (primary N) is 1. The molecule has 0 aromatic carbocycles. The summed E-state index contributed by atoms with van der Waals surface area (Å²) < 4.78 is 4.50. The number of hydrogen-bond acceptors (Lipinski definition) is 3. The molecule has 1 rings (SSSR count). The summed E-state index contributed by atoms with van der Waals surface area (Å²) >= 11 is 0. The molecule has 3 nitrogen and oxygen atoms in total. The number of cyclic esters (lactones) is 1. The van der Waals surface area contributed by atoms with Gasteiger partial charge in [-0.3, -0.25) is 4.79 Å². The first-order chi connectivity index (χ1) is 3.29. The molecular weight excluding hydrogens is 174 g/mol. The number of rotatable bonds is 0. The van der Waals surface area contributed by atoms with Crippen molar-refractivity contribution in [1.82, 2.24) is 0 Å². The molecule has 1 heterocycles. The summed E-state index contributed by atoms with van der Waals surface area (Å²) in [7, 11) is 0. The topological polar surface area (TPSA) is 52.3 Å². The zero-order chi connectivity index (χ0) is 5.28. The van der Waals surface area contributed by atoms with Crippen LogP contribution in [0.1, 0.15) is 6.42 Å². The van der Waals surface area contributed by atoms with Crippen LogP contribution in [0.5, 0.6) is 0 Å². The third-order valence-electron chi connectivity index (χ3n) is 0.887. The maximum absolute atomic E-state index is 10.2. The Morgan fingerprint density at radius 1 is 1.75 bits per heavy atom. The van der Waals surface area contributed by atoms with Crippen LogP contribution in [0.3, 0.4) is 0 Å². The van der Waals surface area contributed by atoms with Gasteiger partial charge in [0.2, 0.25) is 0 Å². The van der Waals surface area contributed by atoms with Crippen molar-refractivity contribution in [2.75, 3.05) is 6.61 Å². The molecule has 0 bridgehead atoms. The average molecular weight is 182 g/mol. The van der Waals surface area contributed by atoms with E-state index in [1.165, 1.54) is 0 Å². The molecule has 0 aromatic heterocycles. The molecule has 1 fully saturated rings. The van der Waals surface area contributed by atoms with Crippen LogP contribution in [0.15, 0.2) is 0 Å². The molecule has 0 aliphatic carbocycles. The van der Waals surface area contributed by atoms with Crippen molar-refractivity contribution in [3.63, 3.8) is 0 Å². The minimum absolute atomic E-state index is 0. The number of ether oxygens (including phenoxy) is 1. The molecule has 0 saturated carbocycles. The second-order valence-electron chi connectivity index (χ2n) is 1.65. The lowest BCUT2D eigenvalue weighted by Crippen LogP contribution is -2.18. The van der Waals surface area contributed by atoms with E-state index < -0.39 is 0 Å². The monoisotopic (exact) mass is 181 g/mol. The summed E-state index contributed by atoms with van der Waals surface area (Å²) in [6.07, 6.45) is 0.389. The minimum atomic E-state index is -0.174. The largest absolute Gasteiger partial charge is 0.464 e. The molecule has 8 heavy (non-hydrogen) atoms. The second-order valence-corrected chi connectivity index (χ2v) is 1.65. The quantitative estimate of drug-likeness (QED) is 0.529. The van der Waals surface area contributed by atoms with Crippen molar-refractivity contribution in [3.05, 3.63) is 0 Å². The zero-order valence-electron chi connectivity index (χ0n) is 4.29. The fraction of sp³-hybridized carbons (Fsp3) is 0.750. The van der Waals surface area contributed by atoms with E-state index in [1.807, 2.05) is 0 Å². The van der Waals surface area contributed by atoms with Crippen LogP contribution in [0.25, 0.3) is 0 Å². The van der Waals surface area contributed by atoms with E-state index in [0.717, 1.165) is 0 Å². The van der Waals surface area contributed by atoms with Gasteiger partial charge in [0.05, 0.1) is 6.42 Å².